The van der Waals surface area contributed by atoms with Crippen molar-refractivity contribution in [1.82, 2.24) is 0 Å². The van der Waals surface area contributed by atoms with E-state index in [-0.39, 0.29) is 0 Å². The van der Waals surface area contributed by atoms with Crippen LogP contribution in [0.25, 0.3) is 75.1 Å². The fourth-order valence-corrected chi connectivity index (χ4v) is 13.5. The van der Waals surface area contributed by atoms with Crippen LogP contribution < -0.4 is 15.3 Å². The van der Waals surface area contributed by atoms with Gasteiger partial charge in [0.1, 0.15) is 8.07 Å². The van der Waals surface area contributed by atoms with Crippen molar-refractivity contribution >= 4 is 88.6 Å². The van der Waals surface area contributed by atoms with E-state index in [1.54, 1.807) is 0 Å². The number of nitrogens with zero attached hydrogens (tertiary/aromatic N) is 1. The molecule has 0 bridgehead atoms. The topological polar surface area (TPSA) is 3.24 Å². The van der Waals surface area contributed by atoms with Gasteiger partial charge < -0.3 is 4.90 Å². The highest BCUT2D eigenvalue weighted by atomic mass is 32.1. The van der Waals surface area contributed by atoms with Crippen molar-refractivity contribution < 1.29 is 0 Å². The lowest BCUT2D eigenvalue weighted by molar-refractivity contribution is 1.29. The van der Waals surface area contributed by atoms with Crippen molar-refractivity contribution in [3.63, 3.8) is 0 Å². The zero-order chi connectivity index (χ0) is 36.7. The molecule has 2 heterocycles. The van der Waals surface area contributed by atoms with Crippen LogP contribution in [0, 0.1) is 0 Å². The molecule has 1 aliphatic rings. The van der Waals surface area contributed by atoms with Crippen molar-refractivity contribution in [3.05, 3.63) is 188 Å². The molecule has 0 saturated carbocycles. The Kier molecular flexibility index (Phi) is 7.25. The van der Waals surface area contributed by atoms with E-state index in [4.69, 9.17) is 0 Å². The van der Waals surface area contributed by atoms with Crippen LogP contribution in [0.5, 0.6) is 0 Å². The summed E-state index contributed by atoms with van der Waals surface area (Å²) in [5.74, 6) is 0. The van der Waals surface area contributed by atoms with Gasteiger partial charge in [0.2, 0.25) is 0 Å². The third-order valence-electron chi connectivity index (χ3n) is 11.9. The summed E-state index contributed by atoms with van der Waals surface area (Å²) in [6.45, 7) is 5.06. The van der Waals surface area contributed by atoms with Crippen molar-refractivity contribution in [2.24, 2.45) is 0 Å². The van der Waals surface area contributed by atoms with Gasteiger partial charge in [0.25, 0.3) is 0 Å². The molecule has 3 heteroatoms. The van der Waals surface area contributed by atoms with Crippen molar-refractivity contribution in [1.29, 1.82) is 0 Å². The minimum absolute atomic E-state index is 1.15. The lowest BCUT2D eigenvalue weighted by atomic mass is 9.97. The monoisotopic (exact) mass is 735 g/mol. The van der Waals surface area contributed by atoms with E-state index in [1.165, 1.54) is 91.2 Å². The molecular weight excluding hydrogens is 699 g/mol. The number of rotatable bonds is 5. The predicted octanol–water partition coefficient (Wildman–Crippen LogP) is 14.0. The van der Waals surface area contributed by atoms with Crippen molar-refractivity contribution in [2.75, 3.05) is 4.90 Å². The molecule has 260 valence electrons. The first-order valence-electron chi connectivity index (χ1n) is 19.1. The molecule has 0 radical (unpaired) electrons. The average Bonchev–Trinajstić information content (AvgIpc) is 3.73. The molecule has 0 spiro atoms. The Morgan fingerprint density at radius 3 is 1.84 bits per heavy atom. The first-order chi connectivity index (χ1) is 27.0. The number of hydrogen-bond acceptors (Lipinski definition) is 2. The Labute approximate surface area is 326 Å². The highest BCUT2D eigenvalue weighted by Gasteiger charge is 2.41. The minimum Gasteiger partial charge on any atom is -0.310 e. The maximum absolute atomic E-state index is 2.53. The van der Waals surface area contributed by atoms with Gasteiger partial charge in [-0.1, -0.05) is 159 Å². The van der Waals surface area contributed by atoms with E-state index >= 15 is 0 Å². The van der Waals surface area contributed by atoms with E-state index in [9.17, 15) is 0 Å². The first kappa shape index (κ1) is 32.2. The molecule has 1 aromatic heterocycles. The van der Waals surface area contributed by atoms with Crippen LogP contribution in [0.2, 0.25) is 13.1 Å². The summed E-state index contributed by atoms with van der Waals surface area (Å²) in [5.41, 5.74) is 11.3. The van der Waals surface area contributed by atoms with Crippen LogP contribution in [-0.4, -0.2) is 8.07 Å². The van der Waals surface area contributed by atoms with Gasteiger partial charge >= 0.3 is 0 Å². The average molecular weight is 736 g/mol. The van der Waals surface area contributed by atoms with Crippen LogP contribution in [0.1, 0.15) is 0 Å². The van der Waals surface area contributed by atoms with E-state index in [0.717, 1.165) is 11.4 Å². The van der Waals surface area contributed by atoms with Crippen LogP contribution >= 0.6 is 11.3 Å². The van der Waals surface area contributed by atoms with Crippen LogP contribution in [-0.2, 0) is 0 Å². The van der Waals surface area contributed by atoms with Crippen molar-refractivity contribution in [2.45, 2.75) is 13.1 Å². The standard InChI is InChI=1S/C52H37NSSi/c1-55(2)48-20-10-18-46(50(48)51-49(55)32-31-45-44-16-7-8-19-47(44)54-52(45)51)53(40-27-23-35(24-28-40)39-22-21-34-11-3-4-13-38(34)33-39)41-29-25-37(26-30-41)43-17-9-14-36-12-5-6-15-42(36)43/h3-33H,1-2H3. The highest BCUT2D eigenvalue weighted by Crippen LogP contribution is 2.48. The van der Waals surface area contributed by atoms with E-state index in [0.29, 0.717) is 0 Å². The molecule has 1 nitrogen and oxygen atoms in total. The Hall–Kier alpha value is -6.26. The molecule has 0 N–H and O–H groups in total. The Morgan fingerprint density at radius 2 is 1.04 bits per heavy atom. The van der Waals surface area contributed by atoms with Crippen LogP contribution in [0.3, 0.4) is 0 Å². The second-order valence-corrected chi connectivity index (χ2v) is 20.7. The first-order valence-corrected chi connectivity index (χ1v) is 22.9. The van der Waals surface area contributed by atoms with E-state index in [1.807, 2.05) is 11.3 Å². The molecule has 10 aromatic rings. The normalized spacial score (nSPS) is 13.1. The number of hydrogen-bond donors (Lipinski definition) is 0. The number of thiophene rings is 1. The van der Waals surface area contributed by atoms with Gasteiger partial charge in [0.05, 0.1) is 5.69 Å². The van der Waals surface area contributed by atoms with Gasteiger partial charge in [-0.3, -0.25) is 0 Å². The molecule has 0 fully saturated rings. The molecule has 0 atom stereocenters. The summed E-state index contributed by atoms with van der Waals surface area (Å²) >= 11 is 1.95. The largest absolute Gasteiger partial charge is 0.310 e. The summed E-state index contributed by atoms with van der Waals surface area (Å²) in [5, 5.41) is 10.8. The quantitative estimate of drug-likeness (QED) is 0.159. The molecule has 1 aliphatic heterocycles. The van der Waals surface area contributed by atoms with E-state index < -0.39 is 8.07 Å². The smallest absolute Gasteiger partial charge is 0.114 e. The maximum Gasteiger partial charge on any atom is 0.114 e. The fourth-order valence-electron chi connectivity index (χ4n) is 9.08. The molecule has 0 saturated heterocycles. The number of fused-ring (bicyclic) bond motifs is 9. The summed E-state index contributed by atoms with van der Waals surface area (Å²) in [6.07, 6.45) is 0. The molecule has 55 heavy (non-hydrogen) atoms. The SMILES string of the molecule is C[Si]1(C)c2cccc(N(c3ccc(-c4ccc5ccccc5c4)cc3)c3ccc(-c4cccc5ccccc45)cc3)c2-c2c1ccc1c2sc2ccccc21. The van der Waals surface area contributed by atoms with Gasteiger partial charge in [0.15, 0.2) is 0 Å². The zero-order valence-corrected chi connectivity index (χ0v) is 32.6. The lowest BCUT2D eigenvalue weighted by Crippen LogP contribution is -2.49. The summed E-state index contributed by atoms with van der Waals surface area (Å²) in [6, 6.07) is 69.9. The Balaban J connectivity index is 1.11. The molecule has 0 aliphatic carbocycles. The second kappa shape index (κ2) is 12.4. The molecule has 0 unspecified atom stereocenters. The zero-order valence-electron chi connectivity index (χ0n) is 30.8. The number of benzene rings is 9. The molecule has 9 aromatic carbocycles. The summed E-state index contributed by atoms with van der Waals surface area (Å²) in [7, 11) is -2.00. The van der Waals surface area contributed by atoms with Crippen LogP contribution in [0.4, 0.5) is 17.1 Å². The molecular formula is C52H37NSSi. The van der Waals surface area contributed by atoms with E-state index in [2.05, 4.69) is 206 Å². The van der Waals surface area contributed by atoms with Crippen LogP contribution in [0.15, 0.2) is 188 Å². The van der Waals surface area contributed by atoms with Gasteiger partial charge in [-0.05, 0) is 96.6 Å². The van der Waals surface area contributed by atoms with Crippen molar-refractivity contribution in [3.8, 4) is 33.4 Å². The van der Waals surface area contributed by atoms with Gasteiger partial charge in [-0.15, -0.1) is 11.3 Å². The number of anilines is 3. The Bertz CT molecular complexity index is 3110. The maximum atomic E-state index is 2.53. The van der Waals surface area contributed by atoms with Gasteiger partial charge in [-0.25, -0.2) is 0 Å². The summed E-state index contributed by atoms with van der Waals surface area (Å²) in [4.78, 5) is 2.50. The third kappa shape index (κ3) is 5.04. The van der Waals surface area contributed by atoms with Gasteiger partial charge in [-0.2, -0.15) is 0 Å². The molecule has 0 amide bonds. The minimum atomic E-state index is -2.00. The summed E-state index contributed by atoms with van der Waals surface area (Å²) < 4.78 is 2.75. The molecule has 11 rings (SSSR count). The second-order valence-electron chi connectivity index (χ2n) is 15.3. The lowest BCUT2D eigenvalue weighted by Gasteiger charge is -2.29. The fraction of sp³-hybridized carbons (Fsp3) is 0.0385. The van der Waals surface area contributed by atoms with Gasteiger partial charge in [0, 0.05) is 42.7 Å². The Morgan fingerprint density at radius 1 is 0.418 bits per heavy atom. The highest BCUT2D eigenvalue weighted by molar-refractivity contribution is 7.26. The predicted molar refractivity (Wildman–Crippen MR) is 242 cm³/mol. The third-order valence-corrected chi connectivity index (χ3v) is 16.6.